The summed E-state index contributed by atoms with van der Waals surface area (Å²) in [6.07, 6.45) is 6.52. The minimum atomic E-state index is -1.68. The van der Waals surface area contributed by atoms with Gasteiger partial charge in [-0.2, -0.15) is 0 Å². The smallest absolute Gasteiger partial charge is 0.192 e. The van der Waals surface area contributed by atoms with E-state index < -0.39 is 8.32 Å². The summed E-state index contributed by atoms with van der Waals surface area (Å²) in [7, 11) is -1.68. The highest BCUT2D eigenvalue weighted by Crippen LogP contribution is 2.65. The van der Waals surface area contributed by atoms with E-state index in [0.717, 1.165) is 12.5 Å². The number of fused-ring (bicyclic) bond motifs is 1. The van der Waals surface area contributed by atoms with Gasteiger partial charge >= 0.3 is 0 Å². The first-order valence-electron chi connectivity index (χ1n) is 8.78. The van der Waals surface area contributed by atoms with E-state index >= 15 is 0 Å². The van der Waals surface area contributed by atoms with Gasteiger partial charge < -0.3 is 4.43 Å². The predicted molar refractivity (Wildman–Crippen MR) is 95.1 cm³/mol. The molecule has 0 saturated heterocycles. The van der Waals surface area contributed by atoms with Crippen LogP contribution in [0.4, 0.5) is 0 Å². The fourth-order valence-corrected chi connectivity index (χ4v) is 5.41. The third-order valence-electron chi connectivity index (χ3n) is 7.52. The molecule has 0 aromatic heterocycles. The normalized spacial score (nSPS) is 37.7. The van der Waals surface area contributed by atoms with E-state index in [1.54, 1.807) is 0 Å². The lowest BCUT2D eigenvalue weighted by Gasteiger charge is -2.52. The summed E-state index contributed by atoms with van der Waals surface area (Å²) in [6, 6.07) is 0. The van der Waals surface area contributed by atoms with Crippen LogP contribution in [0.2, 0.25) is 18.1 Å². The molecule has 2 heteroatoms. The Bertz CT molecular complexity index is 420. The van der Waals surface area contributed by atoms with Gasteiger partial charge in [0.1, 0.15) is 0 Å². The molecule has 0 aromatic carbocycles. The molecule has 0 aromatic rings. The van der Waals surface area contributed by atoms with Gasteiger partial charge in [-0.15, -0.1) is 0 Å². The second-order valence-electron chi connectivity index (χ2n) is 9.45. The Morgan fingerprint density at radius 3 is 2.48 bits per heavy atom. The van der Waals surface area contributed by atoms with Gasteiger partial charge in [0.25, 0.3) is 0 Å². The van der Waals surface area contributed by atoms with E-state index in [0.29, 0.717) is 10.5 Å². The zero-order chi connectivity index (χ0) is 16.1. The average Bonchev–Trinajstić information content (AvgIpc) is 2.61. The van der Waals surface area contributed by atoms with Crippen molar-refractivity contribution in [2.24, 2.45) is 16.7 Å². The summed E-state index contributed by atoms with van der Waals surface area (Å²) in [5, 5.41) is 0.292. The Morgan fingerprint density at radius 1 is 1.29 bits per heavy atom. The first-order valence-corrected chi connectivity index (χ1v) is 11.7. The van der Waals surface area contributed by atoms with E-state index in [4.69, 9.17) is 4.43 Å². The van der Waals surface area contributed by atoms with Crippen LogP contribution in [0.1, 0.15) is 66.7 Å². The zero-order valence-electron chi connectivity index (χ0n) is 15.4. The third kappa shape index (κ3) is 2.57. The van der Waals surface area contributed by atoms with Crippen molar-refractivity contribution in [1.82, 2.24) is 0 Å². The maximum atomic E-state index is 6.70. The van der Waals surface area contributed by atoms with Gasteiger partial charge in [0.15, 0.2) is 8.32 Å². The van der Waals surface area contributed by atoms with Crippen molar-refractivity contribution in [1.29, 1.82) is 0 Å². The van der Waals surface area contributed by atoms with Crippen molar-refractivity contribution in [3.63, 3.8) is 0 Å². The quantitative estimate of drug-likeness (QED) is 0.447. The Morgan fingerprint density at radius 2 is 1.90 bits per heavy atom. The molecule has 0 heterocycles. The minimum Gasteiger partial charge on any atom is -0.416 e. The number of hydrogen-bond acceptors (Lipinski definition) is 1. The molecule has 0 aliphatic heterocycles. The van der Waals surface area contributed by atoms with Crippen molar-refractivity contribution in [2.45, 2.75) is 84.9 Å². The molecule has 1 nitrogen and oxygen atoms in total. The molecular formula is C19H36OSi. The molecule has 2 rings (SSSR count). The molecule has 2 fully saturated rings. The summed E-state index contributed by atoms with van der Waals surface area (Å²) < 4.78 is 6.70. The molecule has 2 aliphatic carbocycles. The molecule has 0 amide bonds. The number of rotatable bonds is 3. The second-order valence-corrected chi connectivity index (χ2v) is 14.3. The van der Waals surface area contributed by atoms with E-state index in [1.807, 2.05) is 0 Å². The second kappa shape index (κ2) is 5.23. The Labute approximate surface area is 133 Å². The van der Waals surface area contributed by atoms with Gasteiger partial charge in [-0.25, -0.2) is 0 Å². The summed E-state index contributed by atoms with van der Waals surface area (Å²) in [5.41, 5.74) is 2.14. The van der Waals surface area contributed by atoms with Crippen LogP contribution in [0.5, 0.6) is 0 Å². The Balaban J connectivity index is 2.25. The van der Waals surface area contributed by atoms with Crippen LogP contribution >= 0.6 is 0 Å². The van der Waals surface area contributed by atoms with Crippen molar-refractivity contribution >= 4 is 8.32 Å². The van der Waals surface area contributed by atoms with Crippen molar-refractivity contribution in [2.75, 3.05) is 6.61 Å². The number of hydrogen-bond donors (Lipinski definition) is 0. The Hall–Kier alpha value is -0.0831. The molecule has 0 unspecified atom stereocenters. The summed E-state index contributed by atoms with van der Waals surface area (Å²) in [4.78, 5) is 0. The van der Waals surface area contributed by atoms with Crippen molar-refractivity contribution in [3.05, 3.63) is 12.2 Å². The highest BCUT2D eigenvalue weighted by molar-refractivity contribution is 6.74. The van der Waals surface area contributed by atoms with Gasteiger partial charge in [-0.3, -0.25) is 0 Å². The van der Waals surface area contributed by atoms with Gasteiger partial charge in [0.05, 0.1) is 0 Å². The largest absolute Gasteiger partial charge is 0.416 e. The highest BCUT2D eigenvalue weighted by atomic mass is 28.4. The minimum absolute atomic E-state index is 0.250. The van der Waals surface area contributed by atoms with E-state index in [1.165, 1.54) is 37.7 Å². The molecule has 0 N–H and O–H groups in total. The van der Waals surface area contributed by atoms with Gasteiger partial charge in [-0.1, -0.05) is 46.8 Å². The van der Waals surface area contributed by atoms with Crippen LogP contribution < -0.4 is 0 Å². The summed E-state index contributed by atoms with van der Waals surface area (Å²) in [6.45, 7) is 22.2. The van der Waals surface area contributed by atoms with E-state index in [-0.39, 0.29) is 5.41 Å². The lowest BCUT2D eigenvalue weighted by atomic mass is 9.55. The Kier molecular flexibility index (Phi) is 4.30. The zero-order valence-corrected chi connectivity index (χ0v) is 16.4. The molecule has 0 radical (unpaired) electrons. The van der Waals surface area contributed by atoms with Gasteiger partial charge in [0, 0.05) is 12.0 Å². The van der Waals surface area contributed by atoms with Crippen LogP contribution in [0, 0.1) is 16.7 Å². The molecule has 3 atom stereocenters. The maximum Gasteiger partial charge on any atom is 0.192 e. The molecule has 0 bridgehead atoms. The molecule has 122 valence electrons. The van der Waals surface area contributed by atoms with E-state index in [2.05, 4.69) is 54.3 Å². The lowest BCUT2D eigenvalue weighted by Crippen LogP contribution is -2.50. The fraction of sp³-hybridized carbons (Fsp3) is 0.895. The summed E-state index contributed by atoms with van der Waals surface area (Å²) >= 11 is 0. The standard InChI is InChI=1S/C19H36OSi/c1-15-11-13-19(14-20-21(7,8)17(3,4)5)16(2)10-9-12-18(15,19)6/h15H,2,9-14H2,1,3-8H3/t15-,18-,19+/m0/s1. The molecule has 2 aliphatic rings. The van der Waals surface area contributed by atoms with E-state index in [9.17, 15) is 0 Å². The first-order chi connectivity index (χ1) is 9.46. The summed E-state index contributed by atoms with van der Waals surface area (Å²) in [5.74, 6) is 0.803. The maximum absolute atomic E-state index is 6.70. The van der Waals surface area contributed by atoms with Crippen LogP contribution in [-0.4, -0.2) is 14.9 Å². The van der Waals surface area contributed by atoms with Crippen LogP contribution in [-0.2, 0) is 4.43 Å². The van der Waals surface area contributed by atoms with Crippen LogP contribution in [0.3, 0.4) is 0 Å². The van der Waals surface area contributed by atoms with Crippen molar-refractivity contribution in [3.8, 4) is 0 Å². The predicted octanol–water partition coefficient (Wildman–Crippen LogP) is 6.17. The SMILES string of the molecule is C=C1CCC[C@@]2(C)[C@@H](C)CC[C@@]12CO[Si](C)(C)C(C)(C)C. The van der Waals surface area contributed by atoms with Crippen molar-refractivity contribution < 1.29 is 4.43 Å². The topological polar surface area (TPSA) is 9.23 Å². The highest BCUT2D eigenvalue weighted by Gasteiger charge is 2.58. The molecular weight excluding hydrogens is 272 g/mol. The van der Waals surface area contributed by atoms with Crippen LogP contribution in [0.15, 0.2) is 12.2 Å². The average molecular weight is 309 g/mol. The third-order valence-corrected chi connectivity index (χ3v) is 12.0. The van der Waals surface area contributed by atoms with Gasteiger partial charge in [0.2, 0.25) is 0 Å². The van der Waals surface area contributed by atoms with Gasteiger partial charge in [-0.05, 0) is 61.6 Å². The first kappa shape index (κ1) is 17.3. The monoisotopic (exact) mass is 308 g/mol. The lowest BCUT2D eigenvalue weighted by molar-refractivity contribution is 0.00810. The van der Waals surface area contributed by atoms with Crippen LogP contribution in [0.25, 0.3) is 0 Å². The fourth-order valence-electron chi connectivity index (χ4n) is 4.37. The molecule has 21 heavy (non-hydrogen) atoms. The molecule has 2 saturated carbocycles. The molecule has 0 spiro atoms.